The number of rotatable bonds is 6. The van der Waals surface area contributed by atoms with E-state index < -0.39 is 17.4 Å². The van der Waals surface area contributed by atoms with Gasteiger partial charge in [0, 0.05) is 5.75 Å². The highest BCUT2D eigenvalue weighted by Crippen LogP contribution is 2.31. The third-order valence-electron chi connectivity index (χ3n) is 2.81. The molecular weight excluding hydrogens is 277 g/mol. The van der Waals surface area contributed by atoms with Crippen LogP contribution in [-0.2, 0) is 11.2 Å². The molecule has 2 nitrogen and oxygen atoms in total. The number of benzene rings is 1. The van der Waals surface area contributed by atoms with Crippen molar-refractivity contribution >= 4 is 17.7 Å². The summed E-state index contributed by atoms with van der Waals surface area (Å²) < 4.78 is 36.0. The van der Waals surface area contributed by atoms with Gasteiger partial charge >= 0.3 is 11.5 Å². The highest BCUT2D eigenvalue weighted by atomic mass is 32.2. The minimum absolute atomic E-state index is 0.00778. The Morgan fingerprint density at radius 1 is 1.37 bits per heavy atom. The molecule has 0 aliphatic rings. The lowest BCUT2D eigenvalue weighted by molar-refractivity contribution is -0.141. The van der Waals surface area contributed by atoms with Crippen molar-refractivity contribution in [1.82, 2.24) is 0 Å². The number of carbonyl (C=O) groups is 1. The van der Waals surface area contributed by atoms with Crippen LogP contribution in [0.25, 0.3) is 0 Å². The summed E-state index contributed by atoms with van der Waals surface area (Å²) in [6.45, 7) is 1.86. The standard InChI is InChI=1S/C13H15F3O2S/c1-9-4-2-3-5-10(9)8-11(12(17)18)6-7-19-13(14,15)16/h2-5,11H,6-8H2,1H3,(H,17,18). The van der Waals surface area contributed by atoms with Crippen molar-refractivity contribution < 1.29 is 23.1 Å². The van der Waals surface area contributed by atoms with Gasteiger partial charge < -0.3 is 5.11 Å². The molecule has 0 saturated heterocycles. The molecule has 1 N–H and O–H groups in total. The number of alkyl halides is 3. The fourth-order valence-electron chi connectivity index (χ4n) is 1.73. The van der Waals surface area contributed by atoms with E-state index in [4.69, 9.17) is 5.11 Å². The Balaban J connectivity index is 2.59. The summed E-state index contributed by atoms with van der Waals surface area (Å²) in [6.07, 6.45) is 0.272. The molecule has 0 saturated carbocycles. The molecule has 0 heterocycles. The van der Waals surface area contributed by atoms with Crippen molar-refractivity contribution in [2.75, 3.05) is 5.75 Å². The zero-order chi connectivity index (χ0) is 14.5. The Kier molecular flexibility index (Phi) is 5.72. The Bertz CT molecular complexity index is 432. The van der Waals surface area contributed by atoms with Gasteiger partial charge in [0.15, 0.2) is 0 Å². The number of aryl methyl sites for hydroxylation is 1. The number of hydrogen-bond donors (Lipinski definition) is 1. The first-order chi connectivity index (χ1) is 8.79. The van der Waals surface area contributed by atoms with Crippen LogP contribution in [0.4, 0.5) is 13.2 Å². The average Bonchev–Trinajstić information content (AvgIpc) is 2.28. The lowest BCUT2D eigenvalue weighted by Crippen LogP contribution is -2.18. The lowest BCUT2D eigenvalue weighted by Gasteiger charge is -2.14. The molecule has 0 fully saturated rings. The van der Waals surface area contributed by atoms with E-state index in [9.17, 15) is 18.0 Å². The normalized spacial score (nSPS) is 13.3. The zero-order valence-electron chi connectivity index (χ0n) is 10.4. The van der Waals surface area contributed by atoms with Gasteiger partial charge in [-0.25, -0.2) is 0 Å². The maximum Gasteiger partial charge on any atom is 0.441 e. The highest BCUT2D eigenvalue weighted by Gasteiger charge is 2.29. The van der Waals surface area contributed by atoms with Gasteiger partial charge in [0.25, 0.3) is 0 Å². The van der Waals surface area contributed by atoms with Crippen LogP contribution in [0.1, 0.15) is 17.5 Å². The van der Waals surface area contributed by atoms with E-state index in [0.29, 0.717) is 0 Å². The second kappa shape index (κ2) is 6.84. The number of carboxylic acids is 1. The molecule has 1 unspecified atom stereocenters. The third-order valence-corrected chi connectivity index (χ3v) is 3.58. The molecular formula is C13H15F3O2S. The molecule has 0 aromatic heterocycles. The maximum atomic E-state index is 12.0. The van der Waals surface area contributed by atoms with Crippen LogP contribution in [-0.4, -0.2) is 22.3 Å². The van der Waals surface area contributed by atoms with E-state index in [1.807, 2.05) is 25.1 Å². The predicted octanol–water partition coefficient (Wildman–Crippen LogP) is 3.88. The third kappa shape index (κ3) is 6.00. The number of carboxylic acid groups (broad SMARTS) is 1. The Hall–Kier alpha value is -1.17. The quantitative estimate of drug-likeness (QED) is 0.864. The van der Waals surface area contributed by atoms with Crippen molar-refractivity contribution in [3.8, 4) is 0 Å². The molecule has 0 aliphatic heterocycles. The van der Waals surface area contributed by atoms with Gasteiger partial charge in [-0.3, -0.25) is 4.79 Å². The maximum absolute atomic E-state index is 12.0. The van der Waals surface area contributed by atoms with Gasteiger partial charge in [-0.1, -0.05) is 36.0 Å². The SMILES string of the molecule is Cc1ccccc1CC(CCSC(F)(F)F)C(=O)O. The van der Waals surface area contributed by atoms with Gasteiger partial charge in [-0.2, -0.15) is 13.2 Å². The molecule has 6 heteroatoms. The average molecular weight is 292 g/mol. The molecule has 1 rings (SSSR count). The molecule has 19 heavy (non-hydrogen) atoms. The van der Waals surface area contributed by atoms with Gasteiger partial charge in [-0.05, 0) is 30.9 Å². The van der Waals surface area contributed by atoms with Gasteiger partial charge in [0.1, 0.15) is 0 Å². The van der Waals surface area contributed by atoms with E-state index >= 15 is 0 Å². The second-order valence-electron chi connectivity index (χ2n) is 4.25. The molecule has 0 bridgehead atoms. The second-order valence-corrected chi connectivity index (χ2v) is 5.41. The summed E-state index contributed by atoms with van der Waals surface area (Å²) in [4.78, 5) is 11.1. The minimum Gasteiger partial charge on any atom is -0.481 e. The predicted molar refractivity (Wildman–Crippen MR) is 69.1 cm³/mol. The molecule has 0 spiro atoms. The molecule has 1 aromatic rings. The molecule has 1 aromatic carbocycles. The van der Waals surface area contributed by atoms with Gasteiger partial charge in [0.05, 0.1) is 5.92 Å². The van der Waals surface area contributed by atoms with E-state index in [-0.39, 0.29) is 30.4 Å². The molecule has 0 radical (unpaired) electrons. The first kappa shape index (κ1) is 15.9. The largest absolute Gasteiger partial charge is 0.481 e. The van der Waals surface area contributed by atoms with Crippen molar-refractivity contribution in [2.24, 2.45) is 5.92 Å². The van der Waals surface area contributed by atoms with Crippen molar-refractivity contribution in [3.63, 3.8) is 0 Å². The summed E-state index contributed by atoms with van der Waals surface area (Å²) >= 11 is -0.169. The number of aliphatic carboxylic acids is 1. The van der Waals surface area contributed by atoms with E-state index in [1.54, 1.807) is 6.07 Å². The van der Waals surface area contributed by atoms with Crippen molar-refractivity contribution in [1.29, 1.82) is 0 Å². The fourth-order valence-corrected chi connectivity index (χ4v) is 2.37. The topological polar surface area (TPSA) is 37.3 Å². The van der Waals surface area contributed by atoms with Gasteiger partial charge in [-0.15, -0.1) is 0 Å². The Morgan fingerprint density at radius 2 is 2.00 bits per heavy atom. The Morgan fingerprint density at radius 3 is 2.53 bits per heavy atom. The minimum atomic E-state index is -4.30. The van der Waals surface area contributed by atoms with Crippen LogP contribution in [0, 0.1) is 12.8 Å². The van der Waals surface area contributed by atoms with Crippen molar-refractivity contribution in [2.45, 2.75) is 25.3 Å². The molecule has 106 valence electrons. The Labute approximate surface area is 114 Å². The van der Waals surface area contributed by atoms with Crippen LogP contribution >= 0.6 is 11.8 Å². The summed E-state index contributed by atoms with van der Waals surface area (Å²) in [5.41, 5.74) is -2.48. The fraction of sp³-hybridized carbons (Fsp3) is 0.462. The first-order valence-corrected chi connectivity index (χ1v) is 6.76. The summed E-state index contributed by atoms with van der Waals surface area (Å²) in [6, 6.07) is 7.31. The monoisotopic (exact) mass is 292 g/mol. The molecule has 0 amide bonds. The first-order valence-electron chi connectivity index (χ1n) is 5.77. The zero-order valence-corrected chi connectivity index (χ0v) is 11.2. The number of halogens is 3. The summed E-state index contributed by atoms with van der Waals surface area (Å²) in [5.74, 6) is -2.06. The van der Waals surface area contributed by atoms with Crippen LogP contribution in [0.3, 0.4) is 0 Å². The van der Waals surface area contributed by atoms with Crippen LogP contribution in [0.2, 0.25) is 0 Å². The van der Waals surface area contributed by atoms with Gasteiger partial charge in [0.2, 0.25) is 0 Å². The number of thioether (sulfide) groups is 1. The highest BCUT2D eigenvalue weighted by molar-refractivity contribution is 8.00. The van der Waals surface area contributed by atoms with Crippen molar-refractivity contribution in [3.05, 3.63) is 35.4 Å². The smallest absolute Gasteiger partial charge is 0.441 e. The lowest BCUT2D eigenvalue weighted by atomic mass is 9.94. The van der Waals surface area contributed by atoms with Crippen LogP contribution < -0.4 is 0 Å². The van der Waals surface area contributed by atoms with E-state index in [0.717, 1.165) is 11.1 Å². The van der Waals surface area contributed by atoms with Crippen LogP contribution in [0.15, 0.2) is 24.3 Å². The number of hydrogen-bond acceptors (Lipinski definition) is 2. The summed E-state index contributed by atoms with van der Waals surface area (Å²) in [5, 5.41) is 9.06. The molecule has 0 aliphatic carbocycles. The summed E-state index contributed by atoms with van der Waals surface area (Å²) in [7, 11) is 0. The molecule has 1 atom stereocenters. The van der Waals surface area contributed by atoms with E-state index in [1.165, 1.54) is 0 Å². The van der Waals surface area contributed by atoms with E-state index in [2.05, 4.69) is 0 Å². The van der Waals surface area contributed by atoms with Crippen LogP contribution in [0.5, 0.6) is 0 Å².